The summed E-state index contributed by atoms with van der Waals surface area (Å²) in [5.74, 6) is 0.710. The Morgan fingerprint density at radius 2 is 2.36 bits per heavy atom. The summed E-state index contributed by atoms with van der Waals surface area (Å²) < 4.78 is 4.77. The van der Waals surface area contributed by atoms with Gasteiger partial charge in [0.15, 0.2) is 0 Å². The van der Waals surface area contributed by atoms with Gasteiger partial charge in [0.2, 0.25) is 5.89 Å². The summed E-state index contributed by atoms with van der Waals surface area (Å²) in [5.41, 5.74) is 5.24. The lowest BCUT2D eigenvalue weighted by Gasteiger charge is -2.02. The van der Waals surface area contributed by atoms with Crippen molar-refractivity contribution in [3.8, 4) is 0 Å². The molecule has 0 atom stereocenters. The van der Waals surface area contributed by atoms with Gasteiger partial charge in [0.25, 0.3) is 5.95 Å². The first-order chi connectivity index (χ1) is 5.18. The van der Waals surface area contributed by atoms with Crippen LogP contribution in [0.1, 0.15) is 19.7 Å². The van der Waals surface area contributed by atoms with Crippen molar-refractivity contribution < 1.29 is 4.52 Å². The summed E-state index contributed by atoms with van der Waals surface area (Å²) in [5, 5.41) is 6.57. The Hall–Kier alpha value is -1.10. The lowest BCUT2D eigenvalue weighted by Crippen LogP contribution is -2.21. The Morgan fingerprint density at radius 1 is 1.64 bits per heavy atom. The Kier molecular flexibility index (Phi) is 2.43. The molecule has 0 aliphatic heterocycles. The number of nitrogens with zero attached hydrogens (tertiary/aromatic N) is 2. The van der Waals surface area contributed by atoms with Gasteiger partial charge in [0.1, 0.15) is 0 Å². The van der Waals surface area contributed by atoms with E-state index in [1.807, 2.05) is 13.8 Å². The van der Waals surface area contributed by atoms with Gasteiger partial charge in [-0.1, -0.05) is 13.8 Å². The highest BCUT2D eigenvalue weighted by Gasteiger charge is 2.02. The number of hydrogen-bond donors (Lipinski definition) is 2. The van der Waals surface area contributed by atoms with Gasteiger partial charge in [-0.25, -0.2) is 0 Å². The maximum Gasteiger partial charge on any atom is 0.260 e. The van der Waals surface area contributed by atoms with E-state index in [0.29, 0.717) is 18.5 Å². The highest BCUT2D eigenvalue weighted by Crippen LogP contribution is 1.96. The third-order valence-electron chi connectivity index (χ3n) is 1.15. The van der Waals surface area contributed by atoms with Crippen molar-refractivity contribution >= 4 is 5.95 Å². The van der Waals surface area contributed by atoms with Crippen LogP contribution in [0.15, 0.2) is 4.52 Å². The van der Waals surface area contributed by atoms with E-state index >= 15 is 0 Å². The van der Waals surface area contributed by atoms with E-state index in [1.54, 1.807) is 0 Å². The summed E-state index contributed by atoms with van der Waals surface area (Å²) in [6, 6.07) is 0.406. The molecule has 1 rings (SSSR count). The van der Waals surface area contributed by atoms with Crippen molar-refractivity contribution in [2.24, 2.45) is 0 Å². The third kappa shape index (κ3) is 2.55. The molecule has 11 heavy (non-hydrogen) atoms. The minimum Gasteiger partial charge on any atom is -0.365 e. The summed E-state index contributed by atoms with van der Waals surface area (Å²) >= 11 is 0. The first-order valence-corrected chi connectivity index (χ1v) is 3.50. The monoisotopic (exact) mass is 156 g/mol. The van der Waals surface area contributed by atoms with Gasteiger partial charge < -0.3 is 15.6 Å². The second kappa shape index (κ2) is 3.34. The molecular formula is C6H12N4O. The van der Waals surface area contributed by atoms with Crippen LogP contribution in [0.5, 0.6) is 0 Å². The molecule has 0 saturated carbocycles. The molecule has 0 aliphatic carbocycles. The van der Waals surface area contributed by atoms with Crippen LogP contribution in [0.2, 0.25) is 0 Å². The van der Waals surface area contributed by atoms with E-state index in [2.05, 4.69) is 15.5 Å². The number of hydrogen-bond acceptors (Lipinski definition) is 5. The summed E-state index contributed by atoms with van der Waals surface area (Å²) in [6.07, 6.45) is 0. The van der Waals surface area contributed by atoms with Crippen LogP contribution in [-0.2, 0) is 6.54 Å². The molecule has 0 unspecified atom stereocenters. The number of nitrogen functional groups attached to an aromatic ring is 1. The van der Waals surface area contributed by atoms with Gasteiger partial charge in [-0.3, -0.25) is 0 Å². The van der Waals surface area contributed by atoms with Crippen LogP contribution in [-0.4, -0.2) is 16.2 Å². The summed E-state index contributed by atoms with van der Waals surface area (Å²) in [7, 11) is 0. The van der Waals surface area contributed by atoms with Gasteiger partial charge in [0, 0.05) is 6.04 Å². The number of nitrogens with one attached hydrogen (secondary N) is 1. The van der Waals surface area contributed by atoms with Crippen molar-refractivity contribution in [3.63, 3.8) is 0 Å². The molecule has 5 heteroatoms. The molecule has 5 nitrogen and oxygen atoms in total. The highest BCUT2D eigenvalue weighted by molar-refractivity contribution is 5.10. The second-order valence-electron chi connectivity index (χ2n) is 2.58. The molecule has 0 aromatic carbocycles. The predicted octanol–water partition coefficient (Wildman–Crippen LogP) is 0.150. The number of anilines is 1. The molecule has 1 heterocycles. The lowest BCUT2D eigenvalue weighted by atomic mass is 10.4. The van der Waals surface area contributed by atoms with Crippen LogP contribution in [0.3, 0.4) is 0 Å². The zero-order chi connectivity index (χ0) is 8.27. The minimum absolute atomic E-state index is 0.186. The van der Waals surface area contributed by atoms with Gasteiger partial charge in [0.05, 0.1) is 6.54 Å². The van der Waals surface area contributed by atoms with Gasteiger partial charge in [-0.05, 0) is 5.16 Å². The zero-order valence-electron chi connectivity index (χ0n) is 6.66. The molecule has 0 radical (unpaired) electrons. The fourth-order valence-corrected chi connectivity index (χ4v) is 0.631. The van der Waals surface area contributed by atoms with Crippen molar-refractivity contribution in [3.05, 3.63) is 5.89 Å². The second-order valence-corrected chi connectivity index (χ2v) is 2.58. The molecule has 0 amide bonds. The predicted molar refractivity (Wildman–Crippen MR) is 40.7 cm³/mol. The Bertz CT molecular complexity index is 220. The van der Waals surface area contributed by atoms with E-state index in [1.165, 1.54) is 0 Å². The largest absolute Gasteiger partial charge is 0.365 e. The number of aromatic nitrogens is 2. The molecular weight excluding hydrogens is 144 g/mol. The Balaban J connectivity index is 2.39. The molecule has 0 saturated heterocycles. The van der Waals surface area contributed by atoms with E-state index in [4.69, 9.17) is 10.3 Å². The minimum atomic E-state index is 0.186. The van der Waals surface area contributed by atoms with E-state index in [0.717, 1.165) is 0 Å². The molecule has 1 aromatic heterocycles. The Morgan fingerprint density at radius 3 is 2.82 bits per heavy atom. The van der Waals surface area contributed by atoms with Crippen LogP contribution < -0.4 is 11.1 Å². The molecule has 0 spiro atoms. The SMILES string of the molecule is CC(C)NCc1nc(N)no1. The number of nitrogens with two attached hydrogens (primary N) is 1. The van der Waals surface area contributed by atoms with Gasteiger partial charge in [-0.2, -0.15) is 4.98 Å². The van der Waals surface area contributed by atoms with Crippen molar-refractivity contribution in [2.75, 3.05) is 5.73 Å². The summed E-state index contributed by atoms with van der Waals surface area (Å²) in [4.78, 5) is 3.82. The molecule has 3 N–H and O–H groups in total. The standard InChI is InChI=1S/C6H12N4O/c1-4(2)8-3-5-9-6(7)10-11-5/h4,8H,3H2,1-2H3,(H2,7,10). The molecule has 0 fully saturated rings. The smallest absolute Gasteiger partial charge is 0.260 e. The van der Waals surface area contributed by atoms with Crippen LogP contribution in [0, 0.1) is 0 Å². The van der Waals surface area contributed by atoms with E-state index < -0.39 is 0 Å². The van der Waals surface area contributed by atoms with E-state index in [9.17, 15) is 0 Å². The first-order valence-electron chi connectivity index (χ1n) is 3.50. The molecule has 1 aromatic rings. The molecule has 0 bridgehead atoms. The first kappa shape index (κ1) is 8.00. The van der Waals surface area contributed by atoms with Crippen molar-refractivity contribution in [1.29, 1.82) is 0 Å². The lowest BCUT2D eigenvalue weighted by molar-refractivity contribution is 0.362. The van der Waals surface area contributed by atoms with E-state index in [-0.39, 0.29) is 5.95 Å². The number of rotatable bonds is 3. The average molecular weight is 156 g/mol. The summed E-state index contributed by atoms with van der Waals surface area (Å²) in [6.45, 7) is 4.65. The maximum atomic E-state index is 5.24. The third-order valence-corrected chi connectivity index (χ3v) is 1.15. The van der Waals surface area contributed by atoms with Crippen molar-refractivity contribution in [1.82, 2.24) is 15.5 Å². The fraction of sp³-hybridized carbons (Fsp3) is 0.667. The van der Waals surface area contributed by atoms with Crippen LogP contribution in [0.25, 0.3) is 0 Å². The zero-order valence-corrected chi connectivity index (χ0v) is 6.66. The van der Waals surface area contributed by atoms with Crippen molar-refractivity contribution in [2.45, 2.75) is 26.4 Å². The molecule has 0 aliphatic rings. The Labute approximate surface area is 65.0 Å². The quantitative estimate of drug-likeness (QED) is 0.651. The van der Waals surface area contributed by atoms with Crippen LogP contribution >= 0.6 is 0 Å². The fourth-order valence-electron chi connectivity index (χ4n) is 0.631. The van der Waals surface area contributed by atoms with Crippen LogP contribution in [0.4, 0.5) is 5.95 Å². The normalized spacial score (nSPS) is 10.8. The van der Waals surface area contributed by atoms with Gasteiger partial charge in [-0.15, -0.1) is 0 Å². The van der Waals surface area contributed by atoms with Gasteiger partial charge >= 0.3 is 0 Å². The topological polar surface area (TPSA) is 77.0 Å². The maximum absolute atomic E-state index is 5.24. The highest BCUT2D eigenvalue weighted by atomic mass is 16.5. The average Bonchev–Trinajstić information content (AvgIpc) is 2.31. The molecule has 62 valence electrons.